The second-order valence-electron chi connectivity index (χ2n) is 5.53. The van der Waals surface area contributed by atoms with Gasteiger partial charge in [0.15, 0.2) is 11.3 Å². The molecule has 0 atom stereocenters. The molecule has 0 saturated carbocycles. The summed E-state index contributed by atoms with van der Waals surface area (Å²) >= 11 is 0. The number of rotatable bonds is 2. The van der Waals surface area contributed by atoms with Crippen LogP contribution in [0.15, 0.2) is 48.8 Å². The van der Waals surface area contributed by atoms with Gasteiger partial charge in [-0.05, 0) is 31.0 Å². The van der Waals surface area contributed by atoms with Crippen LogP contribution >= 0.6 is 0 Å². The topological polar surface area (TPSA) is 63.6 Å². The molecule has 23 heavy (non-hydrogen) atoms. The van der Waals surface area contributed by atoms with Gasteiger partial charge < -0.3 is 5.32 Å². The van der Waals surface area contributed by atoms with Gasteiger partial charge in [0.2, 0.25) is 0 Å². The third-order valence-corrected chi connectivity index (χ3v) is 3.96. The van der Waals surface area contributed by atoms with Crippen molar-refractivity contribution >= 4 is 33.4 Å². The summed E-state index contributed by atoms with van der Waals surface area (Å²) in [5.74, 6) is 0.667. The molecule has 2 aromatic heterocycles. The van der Waals surface area contributed by atoms with E-state index in [1.165, 1.54) is 0 Å². The van der Waals surface area contributed by atoms with E-state index in [-0.39, 0.29) is 0 Å². The van der Waals surface area contributed by atoms with Gasteiger partial charge in [-0.3, -0.25) is 0 Å². The number of hydrogen-bond donors (Lipinski definition) is 1. The van der Waals surface area contributed by atoms with E-state index in [0.29, 0.717) is 11.3 Å². The molecule has 5 nitrogen and oxygen atoms in total. The molecule has 112 valence electrons. The maximum Gasteiger partial charge on any atom is 0.162 e. The standard InChI is InChI=1S/C18H15N5/c1-11-6-3-4-9-14(11)21-18-17-16(19-10-20-18)13-8-5-7-12(2)15(13)22-23-17/h3-10H,1-2H3,(H,19,20,21). The summed E-state index contributed by atoms with van der Waals surface area (Å²) in [7, 11) is 0. The number of para-hydroxylation sites is 1. The fourth-order valence-corrected chi connectivity index (χ4v) is 2.69. The zero-order valence-corrected chi connectivity index (χ0v) is 12.9. The molecule has 4 aromatic rings. The van der Waals surface area contributed by atoms with Gasteiger partial charge in [0.25, 0.3) is 0 Å². The normalized spacial score (nSPS) is 11.0. The van der Waals surface area contributed by atoms with E-state index >= 15 is 0 Å². The van der Waals surface area contributed by atoms with Crippen LogP contribution in [0.3, 0.4) is 0 Å². The predicted molar refractivity (Wildman–Crippen MR) is 91.8 cm³/mol. The molecule has 0 radical (unpaired) electrons. The van der Waals surface area contributed by atoms with Crippen molar-refractivity contribution in [1.29, 1.82) is 0 Å². The maximum absolute atomic E-state index is 4.42. The Morgan fingerprint density at radius 2 is 1.52 bits per heavy atom. The van der Waals surface area contributed by atoms with Crippen molar-refractivity contribution in [3.63, 3.8) is 0 Å². The van der Waals surface area contributed by atoms with Gasteiger partial charge in [-0.25, -0.2) is 9.97 Å². The van der Waals surface area contributed by atoms with Gasteiger partial charge in [-0.1, -0.05) is 36.4 Å². The number of hydrogen-bond acceptors (Lipinski definition) is 5. The largest absolute Gasteiger partial charge is 0.338 e. The molecule has 0 aliphatic carbocycles. The van der Waals surface area contributed by atoms with Crippen molar-refractivity contribution in [2.24, 2.45) is 0 Å². The molecule has 4 rings (SSSR count). The summed E-state index contributed by atoms with van der Waals surface area (Å²) < 4.78 is 0. The first kappa shape index (κ1) is 13.6. The van der Waals surface area contributed by atoms with Crippen LogP contribution in [-0.4, -0.2) is 20.2 Å². The van der Waals surface area contributed by atoms with E-state index in [9.17, 15) is 0 Å². The lowest BCUT2D eigenvalue weighted by atomic mass is 10.1. The highest BCUT2D eigenvalue weighted by molar-refractivity contribution is 6.05. The van der Waals surface area contributed by atoms with Gasteiger partial charge in [-0.15, -0.1) is 10.2 Å². The molecule has 2 heterocycles. The number of benzene rings is 2. The highest BCUT2D eigenvalue weighted by atomic mass is 15.1. The van der Waals surface area contributed by atoms with E-state index in [0.717, 1.165) is 33.2 Å². The van der Waals surface area contributed by atoms with Crippen molar-refractivity contribution in [1.82, 2.24) is 20.2 Å². The molecule has 5 heteroatoms. The molecule has 2 aromatic carbocycles. The Morgan fingerprint density at radius 1 is 0.739 bits per heavy atom. The van der Waals surface area contributed by atoms with Crippen molar-refractivity contribution < 1.29 is 0 Å². The number of nitrogens with zero attached hydrogens (tertiary/aromatic N) is 4. The van der Waals surface area contributed by atoms with E-state index in [1.54, 1.807) is 6.33 Å². The smallest absolute Gasteiger partial charge is 0.162 e. The van der Waals surface area contributed by atoms with E-state index in [4.69, 9.17) is 0 Å². The van der Waals surface area contributed by atoms with E-state index < -0.39 is 0 Å². The van der Waals surface area contributed by atoms with Crippen LogP contribution < -0.4 is 5.32 Å². The summed E-state index contributed by atoms with van der Waals surface area (Å²) in [6, 6.07) is 14.1. The fraction of sp³-hybridized carbons (Fsp3) is 0.111. The number of aromatic nitrogens is 4. The molecule has 0 bridgehead atoms. The monoisotopic (exact) mass is 301 g/mol. The first-order chi connectivity index (χ1) is 11.2. The second-order valence-corrected chi connectivity index (χ2v) is 5.53. The van der Waals surface area contributed by atoms with Crippen molar-refractivity contribution in [2.75, 3.05) is 5.32 Å². The SMILES string of the molecule is Cc1ccccc1Nc1ncnc2c1nnc1c(C)cccc12. The Kier molecular flexibility index (Phi) is 3.12. The van der Waals surface area contributed by atoms with Crippen LogP contribution in [0.4, 0.5) is 11.5 Å². The first-order valence-corrected chi connectivity index (χ1v) is 7.43. The number of nitrogens with one attached hydrogen (secondary N) is 1. The quantitative estimate of drug-likeness (QED) is 0.568. The van der Waals surface area contributed by atoms with Crippen LogP contribution in [-0.2, 0) is 0 Å². The summed E-state index contributed by atoms with van der Waals surface area (Å²) in [4.78, 5) is 8.77. The van der Waals surface area contributed by atoms with Crippen molar-refractivity contribution in [3.05, 3.63) is 59.9 Å². The third-order valence-electron chi connectivity index (χ3n) is 3.96. The summed E-state index contributed by atoms with van der Waals surface area (Å²) in [5, 5.41) is 13.1. The number of aryl methyl sites for hydroxylation is 2. The Bertz CT molecular complexity index is 1030. The summed E-state index contributed by atoms with van der Waals surface area (Å²) in [6.45, 7) is 4.08. The Balaban J connectivity index is 1.93. The van der Waals surface area contributed by atoms with Crippen LogP contribution in [0.2, 0.25) is 0 Å². The van der Waals surface area contributed by atoms with Gasteiger partial charge in [-0.2, -0.15) is 0 Å². The molecule has 0 amide bonds. The molecule has 0 fully saturated rings. The fourth-order valence-electron chi connectivity index (χ4n) is 2.69. The van der Waals surface area contributed by atoms with E-state index in [2.05, 4.69) is 38.5 Å². The Hall–Kier alpha value is -3.08. The van der Waals surface area contributed by atoms with Crippen LogP contribution in [0.5, 0.6) is 0 Å². The van der Waals surface area contributed by atoms with Crippen LogP contribution in [0, 0.1) is 13.8 Å². The average Bonchev–Trinajstić information content (AvgIpc) is 2.57. The Morgan fingerprint density at radius 3 is 2.39 bits per heavy atom. The zero-order chi connectivity index (χ0) is 15.8. The Labute approximate surface area is 133 Å². The van der Waals surface area contributed by atoms with E-state index in [1.807, 2.05) is 43.3 Å². The lowest BCUT2D eigenvalue weighted by Crippen LogP contribution is -2.01. The zero-order valence-electron chi connectivity index (χ0n) is 12.9. The van der Waals surface area contributed by atoms with Gasteiger partial charge in [0.05, 0.1) is 5.52 Å². The highest BCUT2D eigenvalue weighted by Gasteiger charge is 2.11. The lowest BCUT2D eigenvalue weighted by molar-refractivity contribution is 1.09. The lowest BCUT2D eigenvalue weighted by Gasteiger charge is -2.10. The van der Waals surface area contributed by atoms with Crippen molar-refractivity contribution in [3.8, 4) is 0 Å². The molecular formula is C18H15N5. The molecule has 0 aliphatic heterocycles. The average molecular weight is 301 g/mol. The number of fused-ring (bicyclic) bond motifs is 3. The molecular weight excluding hydrogens is 286 g/mol. The minimum atomic E-state index is 0.667. The van der Waals surface area contributed by atoms with Gasteiger partial charge in [0.1, 0.15) is 11.8 Å². The first-order valence-electron chi connectivity index (χ1n) is 7.43. The molecule has 0 unspecified atom stereocenters. The summed E-state index contributed by atoms with van der Waals surface area (Å²) in [5.41, 5.74) is 5.59. The highest BCUT2D eigenvalue weighted by Crippen LogP contribution is 2.27. The van der Waals surface area contributed by atoms with Crippen molar-refractivity contribution in [2.45, 2.75) is 13.8 Å². The van der Waals surface area contributed by atoms with Crippen LogP contribution in [0.25, 0.3) is 21.9 Å². The maximum atomic E-state index is 4.42. The minimum Gasteiger partial charge on any atom is -0.338 e. The molecule has 0 aliphatic rings. The second kappa shape index (κ2) is 5.28. The molecule has 0 spiro atoms. The molecule has 1 N–H and O–H groups in total. The number of anilines is 2. The van der Waals surface area contributed by atoms with Gasteiger partial charge >= 0.3 is 0 Å². The molecule has 0 saturated heterocycles. The van der Waals surface area contributed by atoms with Gasteiger partial charge in [0, 0.05) is 11.1 Å². The third kappa shape index (κ3) is 2.26. The summed E-state index contributed by atoms with van der Waals surface area (Å²) in [6.07, 6.45) is 1.56. The predicted octanol–water partition coefficient (Wildman–Crippen LogP) is 3.93. The van der Waals surface area contributed by atoms with Crippen LogP contribution in [0.1, 0.15) is 11.1 Å². The minimum absolute atomic E-state index is 0.667.